The molecule has 4 nitrogen and oxygen atoms in total. The predicted molar refractivity (Wildman–Crippen MR) is 67.6 cm³/mol. The molecule has 1 amide bonds. The number of benzene rings is 1. The van der Waals surface area contributed by atoms with Gasteiger partial charge >= 0.3 is 5.97 Å². The van der Waals surface area contributed by atoms with Crippen molar-refractivity contribution in [3.05, 3.63) is 34.9 Å². The van der Waals surface area contributed by atoms with Crippen molar-refractivity contribution in [1.29, 1.82) is 0 Å². The van der Waals surface area contributed by atoms with Crippen LogP contribution >= 0.6 is 0 Å². The van der Waals surface area contributed by atoms with E-state index in [1.54, 1.807) is 0 Å². The Kier molecular flexibility index (Phi) is 4.32. The van der Waals surface area contributed by atoms with Crippen LogP contribution in [0.15, 0.2) is 12.1 Å². The summed E-state index contributed by atoms with van der Waals surface area (Å²) in [5, 5.41) is 11.5. The van der Waals surface area contributed by atoms with Gasteiger partial charge in [0, 0.05) is 6.54 Å². The van der Waals surface area contributed by atoms with Crippen molar-refractivity contribution < 1.29 is 23.5 Å². The van der Waals surface area contributed by atoms with Gasteiger partial charge in [0.05, 0.1) is 11.1 Å². The largest absolute Gasteiger partial charge is 0.478 e. The number of nitrogens with one attached hydrogen (secondary N) is 1. The van der Waals surface area contributed by atoms with Crippen molar-refractivity contribution in [3.8, 4) is 0 Å². The van der Waals surface area contributed by atoms with E-state index in [1.165, 1.54) is 0 Å². The summed E-state index contributed by atoms with van der Waals surface area (Å²) in [5.41, 5.74) is -0.887. The van der Waals surface area contributed by atoms with E-state index in [2.05, 4.69) is 5.32 Å². The number of carboxylic acids is 1. The summed E-state index contributed by atoms with van der Waals surface area (Å²) in [6.07, 6.45) is 4.27. The van der Waals surface area contributed by atoms with E-state index in [-0.39, 0.29) is 5.56 Å². The molecule has 2 rings (SSSR count). The zero-order chi connectivity index (χ0) is 14.7. The molecular weight excluding hydrogens is 268 g/mol. The molecule has 0 aromatic heterocycles. The molecule has 20 heavy (non-hydrogen) atoms. The van der Waals surface area contributed by atoms with Gasteiger partial charge in [-0.1, -0.05) is 12.8 Å². The summed E-state index contributed by atoms with van der Waals surface area (Å²) in [5.74, 6) is -4.30. The Morgan fingerprint density at radius 2 is 1.70 bits per heavy atom. The molecule has 1 aromatic rings. The van der Waals surface area contributed by atoms with E-state index in [0.717, 1.165) is 25.7 Å². The molecule has 1 fully saturated rings. The molecule has 1 aromatic carbocycles. The van der Waals surface area contributed by atoms with Crippen molar-refractivity contribution in [1.82, 2.24) is 5.32 Å². The van der Waals surface area contributed by atoms with Gasteiger partial charge in [0.1, 0.15) is 0 Å². The lowest BCUT2D eigenvalue weighted by molar-refractivity contribution is 0.0690. The van der Waals surface area contributed by atoms with Crippen LogP contribution in [0.25, 0.3) is 0 Å². The fourth-order valence-corrected chi connectivity index (χ4v) is 2.46. The highest BCUT2D eigenvalue weighted by molar-refractivity contribution is 6.04. The molecule has 6 heteroatoms. The molecule has 1 saturated carbocycles. The normalized spacial score (nSPS) is 15.3. The highest BCUT2D eigenvalue weighted by Crippen LogP contribution is 2.24. The van der Waals surface area contributed by atoms with Gasteiger partial charge in [0.15, 0.2) is 11.6 Å². The fraction of sp³-hybridized carbons (Fsp3) is 0.429. The maximum absolute atomic E-state index is 13.2. The van der Waals surface area contributed by atoms with E-state index in [1.807, 2.05) is 0 Å². The lowest BCUT2D eigenvalue weighted by atomic mass is 10.0. The van der Waals surface area contributed by atoms with E-state index in [0.29, 0.717) is 24.6 Å². The molecule has 0 atom stereocenters. The molecule has 0 bridgehead atoms. The zero-order valence-corrected chi connectivity index (χ0v) is 10.8. The Morgan fingerprint density at radius 1 is 1.15 bits per heavy atom. The number of carboxylic acid groups (broad SMARTS) is 1. The first-order valence-electron chi connectivity index (χ1n) is 6.49. The maximum atomic E-state index is 13.2. The molecule has 2 N–H and O–H groups in total. The van der Waals surface area contributed by atoms with E-state index >= 15 is 0 Å². The average Bonchev–Trinajstić information content (AvgIpc) is 2.91. The van der Waals surface area contributed by atoms with Gasteiger partial charge in [-0.15, -0.1) is 0 Å². The summed E-state index contributed by atoms with van der Waals surface area (Å²) >= 11 is 0. The monoisotopic (exact) mass is 283 g/mol. The van der Waals surface area contributed by atoms with Gasteiger partial charge in [-0.25, -0.2) is 13.6 Å². The quantitative estimate of drug-likeness (QED) is 0.892. The molecule has 0 radical (unpaired) electrons. The molecule has 1 aliphatic carbocycles. The first kappa shape index (κ1) is 14.4. The van der Waals surface area contributed by atoms with Crippen molar-refractivity contribution in [2.45, 2.75) is 25.7 Å². The van der Waals surface area contributed by atoms with Crippen molar-refractivity contribution in [2.75, 3.05) is 6.54 Å². The van der Waals surface area contributed by atoms with Gasteiger partial charge in [-0.2, -0.15) is 0 Å². The summed E-state index contributed by atoms with van der Waals surface area (Å²) in [6.45, 7) is 0.427. The second kappa shape index (κ2) is 5.98. The average molecular weight is 283 g/mol. The molecule has 0 spiro atoms. The number of amides is 1. The van der Waals surface area contributed by atoms with Crippen LogP contribution in [0.2, 0.25) is 0 Å². The highest BCUT2D eigenvalue weighted by atomic mass is 19.2. The van der Waals surface area contributed by atoms with E-state index in [4.69, 9.17) is 5.11 Å². The third kappa shape index (κ3) is 3.12. The molecule has 0 aliphatic heterocycles. The maximum Gasteiger partial charge on any atom is 0.336 e. The Morgan fingerprint density at radius 3 is 2.25 bits per heavy atom. The Hall–Kier alpha value is -1.98. The third-order valence-electron chi connectivity index (χ3n) is 3.56. The van der Waals surface area contributed by atoms with Gasteiger partial charge in [0.2, 0.25) is 0 Å². The third-order valence-corrected chi connectivity index (χ3v) is 3.56. The van der Waals surface area contributed by atoms with Crippen LogP contribution < -0.4 is 5.32 Å². The summed E-state index contributed by atoms with van der Waals surface area (Å²) < 4.78 is 26.2. The number of hydrogen-bond acceptors (Lipinski definition) is 2. The number of carbonyl (C=O) groups excluding carboxylic acids is 1. The number of halogens is 2. The van der Waals surface area contributed by atoms with Crippen LogP contribution in [-0.4, -0.2) is 23.5 Å². The van der Waals surface area contributed by atoms with Crippen LogP contribution in [0.1, 0.15) is 46.4 Å². The van der Waals surface area contributed by atoms with Gasteiger partial charge in [-0.3, -0.25) is 4.79 Å². The van der Waals surface area contributed by atoms with Crippen molar-refractivity contribution in [2.24, 2.45) is 5.92 Å². The second-order valence-electron chi connectivity index (χ2n) is 4.98. The summed E-state index contributed by atoms with van der Waals surface area (Å²) in [7, 11) is 0. The summed E-state index contributed by atoms with van der Waals surface area (Å²) in [4.78, 5) is 22.9. The Bertz CT molecular complexity index is 539. The Labute approximate surface area is 114 Å². The van der Waals surface area contributed by atoms with Crippen LogP contribution in [0.3, 0.4) is 0 Å². The standard InChI is InChI=1S/C14H15F2NO3/c15-11-5-9(10(14(19)20)6-12(11)16)13(18)17-7-8-3-1-2-4-8/h5-6,8H,1-4,7H2,(H,17,18)(H,19,20). The van der Waals surface area contributed by atoms with Crippen molar-refractivity contribution in [3.63, 3.8) is 0 Å². The van der Waals surface area contributed by atoms with E-state index in [9.17, 15) is 18.4 Å². The number of rotatable bonds is 4. The zero-order valence-electron chi connectivity index (χ0n) is 10.8. The van der Waals surface area contributed by atoms with Crippen LogP contribution in [0.4, 0.5) is 8.78 Å². The van der Waals surface area contributed by atoms with Gasteiger partial charge in [-0.05, 0) is 30.9 Å². The smallest absolute Gasteiger partial charge is 0.336 e. The fourth-order valence-electron chi connectivity index (χ4n) is 2.46. The van der Waals surface area contributed by atoms with Crippen LogP contribution in [-0.2, 0) is 0 Å². The second-order valence-corrected chi connectivity index (χ2v) is 4.98. The Balaban J connectivity index is 2.15. The molecule has 0 saturated heterocycles. The van der Waals surface area contributed by atoms with Crippen LogP contribution in [0, 0.1) is 17.6 Å². The molecular formula is C14H15F2NO3. The number of carbonyl (C=O) groups is 2. The first-order valence-corrected chi connectivity index (χ1v) is 6.49. The number of aromatic carboxylic acids is 1. The van der Waals surface area contributed by atoms with Gasteiger partial charge in [0.25, 0.3) is 5.91 Å². The van der Waals surface area contributed by atoms with E-state index < -0.39 is 29.1 Å². The predicted octanol–water partition coefficient (Wildman–Crippen LogP) is 2.58. The topological polar surface area (TPSA) is 66.4 Å². The minimum absolute atomic E-state index is 0.352. The van der Waals surface area contributed by atoms with Crippen molar-refractivity contribution >= 4 is 11.9 Å². The summed E-state index contributed by atoms with van der Waals surface area (Å²) in [6, 6.07) is 1.16. The lowest BCUT2D eigenvalue weighted by Crippen LogP contribution is -2.30. The minimum Gasteiger partial charge on any atom is -0.478 e. The minimum atomic E-state index is -1.46. The molecule has 0 unspecified atom stereocenters. The molecule has 0 heterocycles. The first-order chi connectivity index (χ1) is 9.49. The molecule has 108 valence electrons. The highest BCUT2D eigenvalue weighted by Gasteiger charge is 2.22. The SMILES string of the molecule is O=C(O)c1cc(F)c(F)cc1C(=O)NCC1CCCC1. The molecule has 1 aliphatic rings. The van der Waals surface area contributed by atoms with Crippen LogP contribution in [0.5, 0.6) is 0 Å². The lowest BCUT2D eigenvalue weighted by Gasteiger charge is -2.12. The number of hydrogen-bond donors (Lipinski definition) is 2. The van der Waals surface area contributed by atoms with Gasteiger partial charge < -0.3 is 10.4 Å².